The van der Waals surface area contributed by atoms with Crippen LogP contribution in [0.1, 0.15) is 56.7 Å². The molecule has 1 aliphatic heterocycles. The molecule has 1 aliphatic carbocycles. The second-order valence-corrected chi connectivity index (χ2v) is 8.25. The number of hydrogen-bond donors (Lipinski definition) is 1. The van der Waals surface area contributed by atoms with Crippen LogP contribution in [0, 0.1) is 11.8 Å². The largest absolute Gasteiger partial charge is 0.331 e. The summed E-state index contributed by atoms with van der Waals surface area (Å²) in [5.41, 5.74) is 2.68. The fraction of sp³-hybridized carbons (Fsp3) is 0.632. The zero-order chi connectivity index (χ0) is 16.4. The minimum Gasteiger partial charge on any atom is -0.331 e. The van der Waals surface area contributed by atoms with Gasteiger partial charge in [-0.1, -0.05) is 42.3 Å². The fourth-order valence-electron chi connectivity index (χ4n) is 3.86. The Morgan fingerprint density at radius 2 is 2.13 bits per heavy atom. The predicted octanol–water partition coefficient (Wildman–Crippen LogP) is 4.90. The van der Waals surface area contributed by atoms with E-state index in [0.29, 0.717) is 11.8 Å². The number of aryl methyl sites for hydroxylation is 1. The lowest BCUT2D eigenvalue weighted by atomic mass is 9.95. The Morgan fingerprint density at radius 1 is 1.30 bits per heavy atom. The predicted molar refractivity (Wildman–Crippen MR) is 97.5 cm³/mol. The van der Waals surface area contributed by atoms with Crippen molar-refractivity contribution in [3.8, 4) is 0 Å². The molecule has 2 unspecified atom stereocenters. The summed E-state index contributed by atoms with van der Waals surface area (Å²) >= 11 is 3.57. The van der Waals surface area contributed by atoms with Crippen molar-refractivity contribution in [2.45, 2.75) is 52.0 Å². The first-order chi connectivity index (χ1) is 11.0. The summed E-state index contributed by atoms with van der Waals surface area (Å²) in [5.74, 6) is 1.31. The van der Waals surface area contributed by atoms with E-state index in [-0.39, 0.29) is 12.1 Å². The maximum absolute atomic E-state index is 12.7. The Labute approximate surface area is 148 Å². The highest BCUT2D eigenvalue weighted by atomic mass is 79.9. The van der Waals surface area contributed by atoms with Gasteiger partial charge in [-0.05, 0) is 60.8 Å². The Kier molecular flexibility index (Phi) is 5.30. The second kappa shape index (κ2) is 7.25. The van der Waals surface area contributed by atoms with E-state index in [1.54, 1.807) is 0 Å². The first-order valence-corrected chi connectivity index (χ1v) is 9.67. The summed E-state index contributed by atoms with van der Waals surface area (Å²) in [6.07, 6.45) is 5.67. The van der Waals surface area contributed by atoms with Gasteiger partial charge in [0.1, 0.15) is 0 Å². The minimum absolute atomic E-state index is 0.119. The molecular weight excluding hydrogens is 352 g/mol. The number of urea groups is 1. The van der Waals surface area contributed by atoms with Crippen molar-refractivity contribution in [1.82, 2.24) is 10.2 Å². The smallest absolute Gasteiger partial charge is 0.317 e. The first kappa shape index (κ1) is 16.8. The van der Waals surface area contributed by atoms with E-state index in [9.17, 15) is 4.79 Å². The lowest BCUT2D eigenvalue weighted by Gasteiger charge is -2.24. The van der Waals surface area contributed by atoms with Gasteiger partial charge in [-0.25, -0.2) is 4.79 Å². The van der Waals surface area contributed by atoms with Crippen LogP contribution in [0.5, 0.6) is 0 Å². The summed E-state index contributed by atoms with van der Waals surface area (Å²) in [4.78, 5) is 14.7. The average molecular weight is 379 g/mol. The van der Waals surface area contributed by atoms with Gasteiger partial charge in [-0.3, -0.25) is 0 Å². The third-order valence-corrected chi connectivity index (χ3v) is 5.92. The minimum atomic E-state index is 0.119. The van der Waals surface area contributed by atoms with Crippen LogP contribution >= 0.6 is 15.9 Å². The van der Waals surface area contributed by atoms with Crippen LogP contribution in [0.2, 0.25) is 0 Å². The Morgan fingerprint density at radius 3 is 2.87 bits per heavy atom. The van der Waals surface area contributed by atoms with Crippen LogP contribution in [-0.4, -0.2) is 24.0 Å². The molecule has 1 N–H and O–H groups in total. The first-order valence-electron chi connectivity index (χ1n) is 8.88. The molecule has 2 amide bonds. The monoisotopic (exact) mass is 378 g/mol. The molecule has 1 saturated heterocycles. The average Bonchev–Trinajstić information content (AvgIpc) is 2.93. The molecule has 1 aromatic rings. The van der Waals surface area contributed by atoms with Gasteiger partial charge < -0.3 is 10.2 Å². The normalized spacial score (nSPS) is 24.4. The Hall–Kier alpha value is -1.03. The molecule has 23 heavy (non-hydrogen) atoms. The highest BCUT2D eigenvalue weighted by Gasteiger charge is 2.30. The summed E-state index contributed by atoms with van der Waals surface area (Å²) in [6.45, 7) is 6.31. The number of fused-ring (bicyclic) bond motifs is 1. The Bertz CT molecular complexity index is 572. The van der Waals surface area contributed by atoms with Gasteiger partial charge in [0.05, 0.1) is 6.04 Å². The van der Waals surface area contributed by atoms with Crippen molar-refractivity contribution in [3.63, 3.8) is 0 Å². The molecule has 1 aromatic carbocycles. The maximum atomic E-state index is 12.7. The van der Waals surface area contributed by atoms with Crippen LogP contribution in [0.25, 0.3) is 0 Å². The third-order valence-electron chi connectivity index (χ3n) is 5.42. The standard InChI is InChI=1S/C19H27BrN2O/c1-13(2)15-9-10-22(12-15)19(23)21-18-6-4-3-5-14-11-16(20)7-8-17(14)18/h7-8,11,13,15,18H,3-6,9-10,12H2,1-2H3,(H,21,23). The molecule has 0 spiro atoms. The van der Waals surface area contributed by atoms with Crippen molar-refractivity contribution >= 4 is 22.0 Å². The van der Waals surface area contributed by atoms with E-state index >= 15 is 0 Å². The molecule has 3 nitrogen and oxygen atoms in total. The van der Waals surface area contributed by atoms with Crippen LogP contribution in [0.3, 0.4) is 0 Å². The van der Waals surface area contributed by atoms with Crippen molar-refractivity contribution in [2.24, 2.45) is 11.8 Å². The number of carbonyl (C=O) groups is 1. The molecule has 0 aromatic heterocycles. The zero-order valence-electron chi connectivity index (χ0n) is 14.1. The molecule has 0 bridgehead atoms. The highest BCUT2D eigenvalue weighted by molar-refractivity contribution is 9.10. The highest BCUT2D eigenvalue weighted by Crippen LogP contribution is 2.31. The topological polar surface area (TPSA) is 32.3 Å². The van der Waals surface area contributed by atoms with E-state index in [1.807, 2.05) is 4.90 Å². The molecule has 0 saturated carbocycles. The summed E-state index contributed by atoms with van der Waals surface area (Å²) in [7, 11) is 0. The van der Waals surface area contributed by atoms with Crippen molar-refractivity contribution in [2.75, 3.05) is 13.1 Å². The van der Waals surface area contributed by atoms with Gasteiger partial charge in [0.15, 0.2) is 0 Å². The molecular formula is C19H27BrN2O. The third kappa shape index (κ3) is 3.90. The van der Waals surface area contributed by atoms with Crippen molar-refractivity contribution in [3.05, 3.63) is 33.8 Å². The SMILES string of the molecule is CC(C)C1CCN(C(=O)NC2CCCCc3cc(Br)ccc32)C1. The van der Waals surface area contributed by atoms with Gasteiger partial charge in [0.25, 0.3) is 0 Å². The summed E-state index contributed by atoms with van der Waals surface area (Å²) in [6, 6.07) is 6.76. The zero-order valence-corrected chi connectivity index (χ0v) is 15.7. The number of hydrogen-bond acceptors (Lipinski definition) is 1. The lowest BCUT2D eigenvalue weighted by Crippen LogP contribution is -2.40. The van der Waals surface area contributed by atoms with E-state index in [0.717, 1.165) is 36.8 Å². The number of halogens is 1. The number of nitrogens with one attached hydrogen (secondary N) is 1. The van der Waals surface area contributed by atoms with Gasteiger partial charge in [0, 0.05) is 17.6 Å². The number of likely N-dealkylation sites (tertiary alicyclic amines) is 1. The van der Waals surface area contributed by atoms with E-state index in [4.69, 9.17) is 0 Å². The molecule has 3 rings (SSSR count). The summed E-state index contributed by atoms with van der Waals surface area (Å²) < 4.78 is 1.13. The Balaban J connectivity index is 1.69. The van der Waals surface area contributed by atoms with Crippen molar-refractivity contribution < 1.29 is 4.79 Å². The summed E-state index contributed by atoms with van der Waals surface area (Å²) in [5, 5.41) is 3.31. The number of benzene rings is 1. The van der Waals surface area contributed by atoms with Gasteiger partial charge in [0.2, 0.25) is 0 Å². The number of amides is 2. The van der Waals surface area contributed by atoms with E-state index in [1.165, 1.54) is 24.0 Å². The van der Waals surface area contributed by atoms with Gasteiger partial charge in [-0.2, -0.15) is 0 Å². The molecule has 4 heteroatoms. The van der Waals surface area contributed by atoms with Crippen LogP contribution in [0.15, 0.2) is 22.7 Å². The fourth-order valence-corrected chi connectivity index (χ4v) is 4.26. The molecule has 0 radical (unpaired) electrons. The van der Waals surface area contributed by atoms with Crippen molar-refractivity contribution in [1.29, 1.82) is 0 Å². The number of carbonyl (C=O) groups excluding carboxylic acids is 1. The lowest BCUT2D eigenvalue weighted by molar-refractivity contribution is 0.200. The molecule has 2 atom stereocenters. The van der Waals surface area contributed by atoms with Crippen LogP contribution in [0.4, 0.5) is 4.79 Å². The van der Waals surface area contributed by atoms with Gasteiger partial charge in [-0.15, -0.1) is 0 Å². The number of rotatable bonds is 2. The molecule has 126 valence electrons. The second-order valence-electron chi connectivity index (χ2n) is 7.33. The quantitative estimate of drug-likeness (QED) is 0.728. The molecule has 1 heterocycles. The van der Waals surface area contributed by atoms with Crippen LogP contribution < -0.4 is 5.32 Å². The van der Waals surface area contributed by atoms with E-state index in [2.05, 4.69) is 53.3 Å². The van der Waals surface area contributed by atoms with Crippen LogP contribution in [-0.2, 0) is 6.42 Å². The molecule has 1 fully saturated rings. The maximum Gasteiger partial charge on any atom is 0.317 e. The van der Waals surface area contributed by atoms with Gasteiger partial charge >= 0.3 is 6.03 Å². The number of nitrogens with zero attached hydrogens (tertiary/aromatic N) is 1. The molecule has 2 aliphatic rings. The van der Waals surface area contributed by atoms with E-state index < -0.39 is 0 Å².